The van der Waals surface area contributed by atoms with Crippen molar-refractivity contribution in [2.75, 3.05) is 24.9 Å². The minimum absolute atomic E-state index is 0.0904. The highest BCUT2D eigenvalue weighted by atomic mass is 35.5. The Kier molecular flexibility index (Phi) is 5.37. The smallest absolute Gasteiger partial charge is 0.314 e. The van der Waals surface area contributed by atoms with Crippen LogP contribution in [0.5, 0.6) is 11.5 Å². The van der Waals surface area contributed by atoms with E-state index in [1.807, 2.05) is 0 Å². The van der Waals surface area contributed by atoms with Crippen molar-refractivity contribution in [2.45, 2.75) is 0 Å². The third kappa shape index (κ3) is 4.10. The number of methoxy groups -OCH3 is 2. The Morgan fingerprint density at radius 1 is 1.04 bits per heavy atom. The number of nitrogens with one attached hydrogen (secondary N) is 2. The van der Waals surface area contributed by atoms with E-state index in [-0.39, 0.29) is 10.8 Å². The van der Waals surface area contributed by atoms with Crippen LogP contribution < -0.4 is 20.1 Å². The number of amides is 2. The van der Waals surface area contributed by atoms with E-state index < -0.39 is 11.8 Å². The zero-order chi connectivity index (χ0) is 16.8. The summed E-state index contributed by atoms with van der Waals surface area (Å²) < 4.78 is 10.2. The molecule has 0 bridgehead atoms. The van der Waals surface area contributed by atoms with Gasteiger partial charge in [-0.05, 0) is 24.3 Å². The largest absolute Gasteiger partial charge is 0.497 e. The van der Waals surface area contributed by atoms with Crippen LogP contribution in [0.3, 0.4) is 0 Å². The van der Waals surface area contributed by atoms with Crippen LogP contribution in [0.15, 0.2) is 36.5 Å². The zero-order valence-electron chi connectivity index (χ0n) is 12.4. The van der Waals surface area contributed by atoms with Crippen LogP contribution in [0.25, 0.3) is 0 Å². The van der Waals surface area contributed by atoms with Crippen LogP contribution in [-0.2, 0) is 9.59 Å². The topological polar surface area (TPSA) is 89.5 Å². The van der Waals surface area contributed by atoms with Crippen molar-refractivity contribution in [3.63, 3.8) is 0 Å². The molecule has 2 rings (SSSR count). The third-order valence-corrected chi connectivity index (χ3v) is 3.17. The van der Waals surface area contributed by atoms with Crippen LogP contribution in [-0.4, -0.2) is 31.0 Å². The Labute approximate surface area is 137 Å². The molecule has 0 aliphatic carbocycles. The molecule has 0 radical (unpaired) electrons. The van der Waals surface area contributed by atoms with Gasteiger partial charge >= 0.3 is 11.8 Å². The van der Waals surface area contributed by atoms with Gasteiger partial charge in [0.25, 0.3) is 0 Å². The molecule has 0 spiro atoms. The van der Waals surface area contributed by atoms with Crippen molar-refractivity contribution in [1.82, 2.24) is 4.98 Å². The Balaban J connectivity index is 2.12. The fourth-order valence-corrected chi connectivity index (χ4v) is 1.92. The molecule has 0 saturated heterocycles. The number of benzene rings is 1. The molecule has 0 aliphatic rings. The Hall–Kier alpha value is -2.80. The summed E-state index contributed by atoms with van der Waals surface area (Å²) in [5.41, 5.74) is 0.552. The second kappa shape index (κ2) is 7.46. The first-order valence-corrected chi connectivity index (χ1v) is 6.88. The lowest BCUT2D eigenvalue weighted by Crippen LogP contribution is -2.29. The molecule has 2 amide bonds. The lowest BCUT2D eigenvalue weighted by atomic mass is 10.2. The molecule has 7 nitrogen and oxygen atoms in total. The highest BCUT2D eigenvalue weighted by Gasteiger charge is 2.17. The summed E-state index contributed by atoms with van der Waals surface area (Å²) in [6.07, 6.45) is 1.47. The Morgan fingerprint density at radius 2 is 1.74 bits per heavy atom. The Bertz CT molecular complexity index is 736. The van der Waals surface area contributed by atoms with Crippen molar-refractivity contribution in [3.8, 4) is 11.5 Å². The van der Waals surface area contributed by atoms with Gasteiger partial charge in [0.15, 0.2) is 5.15 Å². The number of carbonyl (C=O) groups is 2. The van der Waals surface area contributed by atoms with Gasteiger partial charge in [0.1, 0.15) is 11.5 Å². The van der Waals surface area contributed by atoms with Crippen molar-refractivity contribution < 1.29 is 19.1 Å². The molecular weight excluding hydrogens is 322 g/mol. The van der Waals surface area contributed by atoms with Crippen LogP contribution >= 0.6 is 11.6 Å². The molecule has 2 aromatic rings. The minimum atomic E-state index is -0.884. The molecule has 1 heterocycles. The second-order valence-corrected chi connectivity index (χ2v) is 4.67. The number of carbonyl (C=O) groups excluding carboxylic acids is 2. The van der Waals surface area contributed by atoms with E-state index in [0.717, 1.165) is 0 Å². The first-order valence-electron chi connectivity index (χ1n) is 6.50. The monoisotopic (exact) mass is 335 g/mol. The average molecular weight is 336 g/mol. The summed E-state index contributed by atoms with van der Waals surface area (Å²) >= 11 is 5.83. The summed E-state index contributed by atoms with van der Waals surface area (Å²) in [4.78, 5) is 27.8. The maximum Gasteiger partial charge on any atom is 0.314 e. The summed E-state index contributed by atoms with van der Waals surface area (Å²) in [6, 6.07) is 7.95. The van der Waals surface area contributed by atoms with Crippen molar-refractivity contribution in [2.24, 2.45) is 0 Å². The highest BCUT2D eigenvalue weighted by Crippen LogP contribution is 2.28. The SMILES string of the molecule is COc1ccc(OC)c(NC(=O)C(=O)Nc2cccnc2Cl)c1. The van der Waals surface area contributed by atoms with E-state index in [2.05, 4.69) is 15.6 Å². The van der Waals surface area contributed by atoms with E-state index in [4.69, 9.17) is 21.1 Å². The molecule has 1 aromatic heterocycles. The first-order chi connectivity index (χ1) is 11.0. The van der Waals surface area contributed by atoms with Crippen molar-refractivity contribution in [1.29, 1.82) is 0 Å². The maximum absolute atomic E-state index is 12.0. The van der Waals surface area contributed by atoms with Gasteiger partial charge in [0.05, 0.1) is 25.6 Å². The van der Waals surface area contributed by atoms with Crippen LogP contribution in [0.4, 0.5) is 11.4 Å². The fraction of sp³-hybridized carbons (Fsp3) is 0.133. The highest BCUT2D eigenvalue weighted by molar-refractivity contribution is 6.44. The van der Waals surface area contributed by atoms with Crippen molar-refractivity contribution in [3.05, 3.63) is 41.7 Å². The molecule has 1 aromatic carbocycles. The molecule has 120 valence electrons. The predicted octanol–water partition coefficient (Wildman–Crippen LogP) is 2.33. The quantitative estimate of drug-likeness (QED) is 0.661. The molecular formula is C15H14ClN3O4. The lowest BCUT2D eigenvalue weighted by Gasteiger charge is -2.12. The lowest BCUT2D eigenvalue weighted by molar-refractivity contribution is -0.133. The van der Waals surface area contributed by atoms with Crippen LogP contribution in [0.1, 0.15) is 0 Å². The first kappa shape index (κ1) is 16.6. The fourth-order valence-electron chi connectivity index (χ4n) is 1.75. The van der Waals surface area contributed by atoms with Gasteiger partial charge in [0.2, 0.25) is 0 Å². The number of hydrogen-bond acceptors (Lipinski definition) is 5. The van der Waals surface area contributed by atoms with Gasteiger partial charge < -0.3 is 20.1 Å². The molecule has 0 saturated carbocycles. The predicted molar refractivity (Wildman–Crippen MR) is 86.1 cm³/mol. The third-order valence-electron chi connectivity index (χ3n) is 2.87. The molecule has 8 heteroatoms. The molecule has 23 heavy (non-hydrogen) atoms. The van der Waals surface area contributed by atoms with Gasteiger partial charge in [-0.15, -0.1) is 0 Å². The second-order valence-electron chi connectivity index (χ2n) is 4.32. The van der Waals surface area contributed by atoms with E-state index >= 15 is 0 Å². The number of ether oxygens (including phenoxy) is 2. The van der Waals surface area contributed by atoms with Gasteiger partial charge in [-0.1, -0.05) is 11.6 Å². The van der Waals surface area contributed by atoms with E-state index in [9.17, 15) is 9.59 Å². The van der Waals surface area contributed by atoms with Crippen LogP contribution in [0.2, 0.25) is 5.15 Å². The van der Waals surface area contributed by atoms with E-state index in [0.29, 0.717) is 17.2 Å². The number of rotatable bonds is 4. The number of hydrogen-bond donors (Lipinski definition) is 2. The molecule has 0 unspecified atom stereocenters. The number of aromatic nitrogens is 1. The number of anilines is 2. The van der Waals surface area contributed by atoms with Crippen LogP contribution in [0, 0.1) is 0 Å². The summed E-state index contributed by atoms with van der Waals surface area (Å²) in [5.74, 6) is -0.857. The van der Waals surface area contributed by atoms with Gasteiger partial charge in [0, 0.05) is 12.3 Å². The molecule has 2 N–H and O–H groups in total. The maximum atomic E-state index is 12.0. The van der Waals surface area contributed by atoms with E-state index in [1.54, 1.807) is 24.3 Å². The normalized spacial score (nSPS) is 9.87. The number of nitrogens with zero attached hydrogens (tertiary/aromatic N) is 1. The van der Waals surface area contributed by atoms with Gasteiger partial charge in [-0.25, -0.2) is 4.98 Å². The minimum Gasteiger partial charge on any atom is -0.497 e. The van der Waals surface area contributed by atoms with Crippen molar-refractivity contribution >= 4 is 34.8 Å². The standard InChI is InChI=1S/C15H14ClN3O4/c1-22-9-5-6-12(23-2)11(8-9)19-15(21)14(20)18-10-4-3-7-17-13(10)16/h3-8H,1-2H3,(H,18,20)(H,19,21). The summed E-state index contributed by atoms with van der Waals surface area (Å²) in [7, 11) is 2.94. The molecule has 0 fully saturated rings. The number of pyridine rings is 1. The van der Waals surface area contributed by atoms with Gasteiger partial charge in [-0.3, -0.25) is 9.59 Å². The Morgan fingerprint density at radius 3 is 2.35 bits per heavy atom. The molecule has 0 aliphatic heterocycles. The average Bonchev–Trinajstić information content (AvgIpc) is 2.56. The molecule has 0 atom stereocenters. The number of halogens is 1. The summed E-state index contributed by atoms with van der Waals surface area (Å²) in [6.45, 7) is 0. The summed E-state index contributed by atoms with van der Waals surface area (Å²) in [5, 5.41) is 4.93. The van der Waals surface area contributed by atoms with Gasteiger partial charge in [-0.2, -0.15) is 0 Å². The zero-order valence-corrected chi connectivity index (χ0v) is 13.2. The van der Waals surface area contributed by atoms with E-state index in [1.165, 1.54) is 26.5 Å².